The van der Waals surface area contributed by atoms with Crippen LogP contribution in [-0.2, 0) is 17.7 Å². The highest BCUT2D eigenvalue weighted by Crippen LogP contribution is 2.23. The fourth-order valence-corrected chi connectivity index (χ4v) is 4.64. The van der Waals surface area contributed by atoms with Crippen molar-refractivity contribution in [1.82, 2.24) is 19.4 Å². The van der Waals surface area contributed by atoms with Gasteiger partial charge >= 0.3 is 0 Å². The summed E-state index contributed by atoms with van der Waals surface area (Å²) in [6.45, 7) is 5.09. The Morgan fingerprint density at radius 1 is 1.03 bits per heavy atom. The summed E-state index contributed by atoms with van der Waals surface area (Å²) < 4.78 is 7.98. The van der Waals surface area contributed by atoms with Crippen molar-refractivity contribution in [2.75, 3.05) is 26.3 Å². The summed E-state index contributed by atoms with van der Waals surface area (Å²) in [6.07, 6.45) is 6.41. The molecule has 4 aromatic rings. The summed E-state index contributed by atoms with van der Waals surface area (Å²) in [7, 11) is 0. The maximum atomic E-state index is 13.6. The second-order valence-electron chi connectivity index (χ2n) is 8.64. The fourth-order valence-electron chi connectivity index (χ4n) is 4.64. The molecule has 0 radical (unpaired) electrons. The monoisotopic (exact) mass is 440 g/mol. The Labute approximate surface area is 193 Å². The van der Waals surface area contributed by atoms with Crippen LogP contribution >= 0.6 is 0 Å². The standard InChI is InChI=1S/C27H28N4O2/c1-20-28-12-13-30(20)18-23-6-2-3-8-25(23)27(32)31-14-15-33-19-21(17-31)16-22-7-4-10-26-24(22)9-5-11-29-26/h2-13,21H,14-19H2,1H3/t21-/m0/s1. The fraction of sp³-hybridized carbons (Fsp3) is 0.296. The number of imidazole rings is 1. The Balaban J connectivity index is 1.36. The highest BCUT2D eigenvalue weighted by molar-refractivity contribution is 5.95. The maximum absolute atomic E-state index is 13.6. The van der Waals surface area contributed by atoms with Crippen molar-refractivity contribution in [2.24, 2.45) is 5.92 Å². The lowest BCUT2D eigenvalue weighted by molar-refractivity contribution is 0.0736. The van der Waals surface area contributed by atoms with Crippen molar-refractivity contribution in [3.63, 3.8) is 0 Å². The van der Waals surface area contributed by atoms with Crippen molar-refractivity contribution in [2.45, 2.75) is 19.9 Å². The Morgan fingerprint density at radius 2 is 1.91 bits per heavy atom. The normalized spacial score (nSPS) is 16.6. The molecule has 5 rings (SSSR count). The van der Waals surface area contributed by atoms with E-state index in [9.17, 15) is 4.79 Å². The second-order valence-corrected chi connectivity index (χ2v) is 8.64. The number of hydrogen-bond donors (Lipinski definition) is 0. The molecule has 0 unspecified atom stereocenters. The van der Waals surface area contributed by atoms with Crippen molar-refractivity contribution < 1.29 is 9.53 Å². The summed E-state index contributed by atoms with van der Waals surface area (Å²) >= 11 is 0. The molecule has 0 saturated carbocycles. The van der Waals surface area contributed by atoms with E-state index in [1.165, 1.54) is 10.9 Å². The molecule has 1 atom stereocenters. The first kappa shape index (κ1) is 21.3. The number of fused-ring (bicyclic) bond motifs is 1. The number of pyridine rings is 1. The molecule has 1 aliphatic rings. The van der Waals surface area contributed by atoms with E-state index in [0.717, 1.165) is 28.9 Å². The molecule has 1 fully saturated rings. The van der Waals surface area contributed by atoms with Crippen molar-refractivity contribution in [3.8, 4) is 0 Å². The van der Waals surface area contributed by atoms with E-state index in [1.807, 2.05) is 60.6 Å². The van der Waals surface area contributed by atoms with Crippen LogP contribution in [0.4, 0.5) is 0 Å². The second kappa shape index (κ2) is 9.55. The summed E-state index contributed by atoms with van der Waals surface area (Å²) in [5.74, 6) is 1.23. The first-order chi connectivity index (χ1) is 16.2. The number of aryl methyl sites for hydroxylation is 1. The number of ether oxygens (including phenoxy) is 1. The predicted octanol–water partition coefficient (Wildman–Crippen LogP) is 4.12. The molecular weight excluding hydrogens is 412 g/mol. The number of amides is 1. The molecule has 6 nitrogen and oxygen atoms in total. The van der Waals surface area contributed by atoms with E-state index < -0.39 is 0 Å². The molecule has 3 heterocycles. The Hall–Kier alpha value is -3.51. The Morgan fingerprint density at radius 3 is 2.79 bits per heavy atom. The predicted molar refractivity (Wildman–Crippen MR) is 128 cm³/mol. The van der Waals surface area contributed by atoms with Gasteiger partial charge in [0.05, 0.1) is 18.7 Å². The SMILES string of the molecule is Cc1nccn1Cc1ccccc1C(=O)N1CCOC[C@@H](Cc2cccc3ncccc23)C1. The average Bonchev–Trinajstić information content (AvgIpc) is 3.10. The van der Waals surface area contributed by atoms with Crippen molar-refractivity contribution >= 4 is 16.8 Å². The number of aromatic nitrogens is 3. The molecule has 0 spiro atoms. The molecule has 6 heteroatoms. The molecule has 33 heavy (non-hydrogen) atoms. The summed E-state index contributed by atoms with van der Waals surface area (Å²) in [5, 5.41) is 1.17. The zero-order valence-electron chi connectivity index (χ0n) is 18.9. The molecule has 1 amide bonds. The van der Waals surface area contributed by atoms with Crippen molar-refractivity contribution in [1.29, 1.82) is 0 Å². The molecule has 2 aromatic heterocycles. The molecule has 168 valence electrons. The number of hydrogen-bond acceptors (Lipinski definition) is 4. The first-order valence-corrected chi connectivity index (χ1v) is 11.4. The first-order valence-electron chi connectivity index (χ1n) is 11.4. The number of benzene rings is 2. The highest BCUT2D eigenvalue weighted by Gasteiger charge is 2.25. The van der Waals surface area contributed by atoms with Crippen LogP contribution in [-0.4, -0.2) is 51.6 Å². The topological polar surface area (TPSA) is 60.2 Å². The summed E-state index contributed by atoms with van der Waals surface area (Å²) in [4.78, 5) is 24.4. The number of carbonyl (C=O) groups is 1. The van der Waals surface area contributed by atoms with Gasteiger partial charge in [0.2, 0.25) is 0 Å². The number of carbonyl (C=O) groups excluding carboxylic acids is 1. The van der Waals surface area contributed by atoms with Gasteiger partial charge in [-0.25, -0.2) is 4.98 Å². The zero-order chi connectivity index (χ0) is 22.6. The Bertz CT molecular complexity index is 1260. The highest BCUT2D eigenvalue weighted by atomic mass is 16.5. The van der Waals surface area contributed by atoms with E-state index in [4.69, 9.17) is 4.74 Å². The Kier molecular flexibility index (Phi) is 6.17. The lowest BCUT2D eigenvalue weighted by atomic mass is 9.96. The van der Waals surface area contributed by atoms with Crippen LogP contribution in [0.15, 0.2) is 73.2 Å². The third-order valence-electron chi connectivity index (χ3n) is 6.38. The molecule has 1 aliphatic heterocycles. The van der Waals surface area contributed by atoms with Crippen LogP contribution in [0.5, 0.6) is 0 Å². The third kappa shape index (κ3) is 4.66. The summed E-state index contributed by atoms with van der Waals surface area (Å²) in [5.41, 5.74) is 4.01. The van der Waals surface area contributed by atoms with Gasteiger partial charge in [0, 0.05) is 55.1 Å². The molecular formula is C27H28N4O2. The summed E-state index contributed by atoms with van der Waals surface area (Å²) in [6, 6.07) is 18.2. The molecule has 2 aromatic carbocycles. The van der Waals surface area contributed by atoms with Crippen LogP contribution in [0.1, 0.15) is 27.3 Å². The van der Waals surface area contributed by atoms with Gasteiger partial charge in [-0.3, -0.25) is 9.78 Å². The quantitative estimate of drug-likeness (QED) is 0.468. The minimum Gasteiger partial charge on any atom is -0.379 e. The molecule has 1 saturated heterocycles. The van der Waals surface area contributed by atoms with Gasteiger partial charge in [-0.15, -0.1) is 0 Å². The van der Waals surface area contributed by atoms with Crippen LogP contribution in [0.3, 0.4) is 0 Å². The van der Waals surface area contributed by atoms with Crippen LogP contribution in [0.2, 0.25) is 0 Å². The van der Waals surface area contributed by atoms with Gasteiger partial charge in [-0.1, -0.05) is 36.4 Å². The van der Waals surface area contributed by atoms with Gasteiger partial charge in [0.1, 0.15) is 5.82 Å². The van der Waals surface area contributed by atoms with Crippen LogP contribution < -0.4 is 0 Å². The van der Waals surface area contributed by atoms with E-state index >= 15 is 0 Å². The molecule has 0 bridgehead atoms. The van der Waals surface area contributed by atoms with Gasteiger partial charge in [0.25, 0.3) is 5.91 Å². The smallest absolute Gasteiger partial charge is 0.254 e. The zero-order valence-corrected chi connectivity index (χ0v) is 18.9. The number of rotatable bonds is 5. The maximum Gasteiger partial charge on any atom is 0.254 e. The molecule has 0 aliphatic carbocycles. The van der Waals surface area contributed by atoms with Gasteiger partial charge < -0.3 is 14.2 Å². The largest absolute Gasteiger partial charge is 0.379 e. The number of nitrogens with zero attached hydrogens (tertiary/aromatic N) is 4. The van der Waals surface area contributed by atoms with E-state index in [0.29, 0.717) is 32.8 Å². The van der Waals surface area contributed by atoms with Gasteiger partial charge in [-0.2, -0.15) is 0 Å². The van der Waals surface area contributed by atoms with E-state index in [2.05, 4.69) is 32.7 Å². The van der Waals surface area contributed by atoms with Gasteiger partial charge in [-0.05, 0) is 42.7 Å². The van der Waals surface area contributed by atoms with Crippen LogP contribution in [0.25, 0.3) is 10.9 Å². The third-order valence-corrected chi connectivity index (χ3v) is 6.38. The van der Waals surface area contributed by atoms with E-state index in [1.54, 1.807) is 6.20 Å². The van der Waals surface area contributed by atoms with Crippen molar-refractivity contribution in [3.05, 3.63) is 95.7 Å². The lowest BCUT2D eigenvalue weighted by Gasteiger charge is -2.25. The molecule has 0 N–H and O–H groups in total. The van der Waals surface area contributed by atoms with E-state index in [-0.39, 0.29) is 11.8 Å². The average molecular weight is 441 g/mol. The van der Waals surface area contributed by atoms with Gasteiger partial charge in [0.15, 0.2) is 0 Å². The lowest BCUT2D eigenvalue weighted by Crippen LogP contribution is -2.37. The van der Waals surface area contributed by atoms with Crippen LogP contribution in [0, 0.1) is 12.8 Å². The minimum atomic E-state index is 0.0680. The minimum absolute atomic E-state index is 0.0680.